The van der Waals surface area contributed by atoms with E-state index in [1.54, 1.807) is 6.92 Å². The van der Waals surface area contributed by atoms with Gasteiger partial charge in [0.25, 0.3) is 0 Å². The number of sulfonamides is 1. The molecule has 25 heavy (non-hydrogen) atoms. The van der Waals surface area contributed by atoms with Gasteiger partial charge in [0, 0.05) is 11.6 Å². The van der Waals surface area contributed by atoms with Crippen LogP contribution in [0.25, 0.3) is 0 Å². The number of amides is 1. The molecule has 134 valence electrons. The number of ketones is 1. The van der Waals surface area contributed by atoms with Gasteiger partial charge in [-0.05, 0) is 45.0 Å². The molecule has 2 rings (SSSR count). The summed E-state index contributed by atoms with van der Waals surface area (Å²) in [5.74, 6) is -0.120. The van der Waals surface area contributed by atoms with Crippen molar-refractivity contribution < 1.29 is 22.5 Å². The van der Waals surface area contributed by atoms with E-state index in [9.17, 15) is 18.0 Å². The van der Waals surface area contributed by atoms with Gasteiger partial charge in [0.15, 0.2) is 11.6 Å². The zero-order valence-electron chi connectivity index (χ0n) is 14.1. The zero-order chi connectivity index (χ0) is 18.6. The van der Waals surface area contributed by atoms with Crippen molar-refractivity contribution in [2.24, 2.45) is 0 Å². The number of Topliss-reactive ketones (excluding diaryl/α,β-unsaturated/α-hetero) is 1. The SMILES string of the molecule is CCS(=O)(=O)N(CC(=O)Nc1cc(C)on1)c1ccc(C(C)=O)cc1. The third-order valence-corrected chi connectivity index (χ3v) is 5.19. The predicted molar refractivity (Wildman–Crippen MR) is 93.1 cm³/mol. The molecule has 1 aromatic heterocycles. The van der Waals surface area contributed by atoms with Crippen molar-refractivity contribution in [2.45, 2.75) is 20.8 Å². The molecular formula is C16H19N3O5S. The molecular weight excluding hydrogens is 346 g/mol. The second kappa shape index (κ2) is 7.47. The van der Waals surface area contributed by atoms with Crippen molar-refractivity contribution in [3.63, 3.8) is 0 Å². The highest BCUT2D eigenvalue weighted by molar-refractivity contribution is 7.92. The number of benzene rings is 1. The van der Waals surface area contributed by atoms with E-state index in [1.807, 2.05) is 0 Å². The number of nitrogens with one attached hydrogen (secondary N) is 1. The zero-order valence-corrected chi connectivity index (χ0v) is 15.0. The fourth-order valence-electron chi connectivity index (χ4n) is 2.11. The summed E-state index contributed by atoms with van der Waals surface area (Å²) in [6.45, 7) is 4.17. The number of nitrogens with zero attached hydrogens (tertiary/aromatic N) is 2. The molecule has 1 amide bonds. The number of carbonyl (C=O) groups excluding carboxylic acids is 2. The largest absolute Gasteiger partial charge is 0.360 e. The molecule has 0 saturated carbocycles. The normalized spacial score (nSPS) is 11.2. The summed E-state index contributed by atoms with van der Waals surface area (Å²) in [6, 6.07) is 7.57. The van der Waals surface area contributed by atoms with E-state index in [2.05, 4.69) is 10.5 Å². The van der Waals surface area contributed by atoms with Crippen molar-refractivity contribution in [1.82, 2.24) is 5.16 Å². The van der Waals surface area contributed by atoms with Gasteiger partial charge in [-0.25, -0.2) is 8.42 Å². The maximum absolute atomic E-state index is 12.4. The number of hydrogen-bond acceptors (Lipinski definition) is 6. The van der Waals surface area contributed by atoms with Gasteiger partial charge in [-0.1, -0.05) is 5.16 Å². The highest BCUT2D eigenvalue weighted by atomic mass is 32.2. The van der Waals surface area contributed by atoms with Crippen molar-refractivity contribution >= 4 is 33.2 Å². The first-order valence-corrected chi connectivity index (χ1v) is 9.18. The van der Waals surface area contributed by atoms with Crippen LogP contribution in [0, 0.1) is 6.92 Å². The lowest BCUT2D eigenvalue weighted by molar-refractivity contribution is -0.114. The van der Waals surface area contributed by atoms with Crippen LogP contribution in [0.5, 0.6) is 0 Å². The third-order valence-electron chi connectivity index (χ3n) is 3.45. The molecule has 1 heterocycles. The van der Waals surface area contributed by atoms with Crippen molar-refractivity contribution in [3.05, 3.63) is 41.7 Å². The Bertz CT molecular complexity index is 871. The van der Waals surface area contributed by atoms with Gasteiger partial charge < -0.3 is 9.84 Å². The highest BCUT2D eigenvalue weighted by Crippen LogP contribution is 2.20. The molecule has 0 aliphatic rings. The summed E-state index contributed by atoms with van der Waals surface area (Å²) in [5, 5.41) is 6.12. The lowest BCUT2D eigenvalue weighted by Gasteiger charge is -2.23. The monoisotopic (exact) mass is 365 g/mol. The Kier molecular flexibility index (Phi) is 5.58. The lowest BCUT2D eigenvalue weighted by atomic mass is 10.1. The number of carbonyl (C=O) groups is 2. The van der Waals surface area contributed by atoms with Gasteiger partial charge >= 0.3 is 0 Å². The summed E-state index contributed by atoms with van der Waals surface area (Å²) in [5.41, 5.74) is 0.762. The van der Waals surface area contributed by atoms with E-state index >= 15 is 0 Å². The number of aryl methyl sites for hydroxylation is 1. The molecule has 9 heteroatoms. The second-order valence-corrected chi connectivity index (χ2v) is 7.56. The van der Waals surface area contributed by atoms with E-state index in [-0.39, 0.29) is 17.4 Å². The Balaban J connectivity index is 2.24. The molecule has 0 fully saturated rings. The second-order valence-electron chi connectivity index (χ2n) is 5.38. The molecule has 1 N–H and O–H groups in total. The lowest BCUT2D eigenvalue weighted by Crippen LogP contribution is -2.39. The smallest absolute Gasteiger partial charge is 0.246 e. The van der Waals surface area contributed by atoms with Crippen LogP contribution in [0.4, 0.5) is 11.5 Å². The summed E-state index contributed by atoms with van der Waals surface area (Å²) in [7, 11) is -3.68. The van der Waals surface area contributed by atoms with Crippen molar-refractivity contribution in [3.8, 4) is 0 Å². The summed E-state index contributed by atoms with van der Waals surface area (Å²) in [6.07, 6.45) is 0. The minimum atomic E-state index is -3.68. The van der Waals surface area contributed by atoms with Crippen LogP contribution in [0.1, 0.15) is 30.0 Å². The summed E-state index contributed by atoms with van der Waals surface area (Å²) in [4.78, 5) is 23.5. The minimum absolute atomic E-state index is 0.129. The van der Waals surface area contributed by atoms with E-state index in [0.717, 1.165) is 4.31 Å². The summed E-state index contributed by atoms with van der Waals surface area (Å²) >= 11 is 0. The van der Waals surface area contributed by atoms with Crippen LogP contribution >= 0.6 is 0 Å². The topological polar surface area (TPSA) is 110 Å². The van der Waals surface area contributed by atoms with Crippen LogP contribution in [-0.4, -0.2) is 37.6 Å². The maximum Gasteiger partial charge on any atom is 0.246 e. The molecule has 0 spiro atoms. The van der Waals surface area contributed by atoms with Gasteiger partial charge in [-0.2, -0.15) is 0 Å². The minimum Gasteiger partial charge on any atom is -0.360 e. The Morgan fingerprint density at radius 1 is 1.24 bits per heavy atom. The third kappa shape index (κ3) is 4.66. The number of aromatic nitrogens is 1. The first-order valence-electron chi connectivity index (χ1n) is 7.57. The average molecular weight is 365 g/mol. The molecule has 1 aromatic carbocycles. The van der Waals surface area contributed by atoms with Crippen LogP contribution in [-0.2, 0) is 14.8 Å². The molecule has 0 unspecified atom stereocenters. The van der Waals surface area contributed by atoms with Gasteiger partial charge in [0.1, 0.15) is 12.3 Å². The van der Waals surface area contributed by atoms with Crippen LogP contribution in [0.2, 0.25) is 0 Å². The molecule has 0 atom stereocenters. The van der Waals surface area contributed by atoms with E-state index in [0.29, 0.717) is 17.0 Å². The highest BCUT2D eigenvalue weighted by Gasteiger charge is 2.24. The average Bonchev–Trinajstić information content (AvgIpc) is 2.97. The fraction of sp³-hybridized carbons (Fsp3) is 0.312. The molecule has 0 aliphatic heterocycles. The molecule has 0 radical (unpaired) electrons. The van der Waals surface area contributed by atoms with Gasteiger partial charge in [0.05, 0.1) is 11.4 Å². The molecule has 0 bridgehead atoms. The Morgan fingerprint density at radius 3 is 2.36 bits per heavy atom. The quantitative estimate of drug-likeness (QED) is 0.751. The van der Waals surface area contributed by atoms with E-state index in [4.69, 9.17) is 4.52 Å². The molecule has 8 nitrogen and oxygen atoms in total. The first-order chi connectivity index (χ1) is 11.7. The summed E-state index contributed by atoms with van der Waals surface area (Å²) < 4.78 is 30.6. The first kappa shape index (κ1) is 18.7. The van der Waals surface area contributed by atoms with E-state index < -0.39 is 22.5 Å². The number of hydrogen-bond donors (Lipinski definition) is 1. The Hall–Kier alpha value is -2.68. The maximum atomic E-state index is 12.4. The van der Waals surface area contributed by atoms with Crippen LogP contribution < -0.4 is 9.62 Å². The van der Waals surface area contributed by atoms with E-state index in [1.165, 1.54) is 44.2 Å². The van der Waals surface area contributed by atoms with Gasteiger partial charge in [-0.15, -0.1) is 0 Å². The standard InChI is InChI=1S/C16H19N3O5S/c1-4-25(22,23)19(14-7-5-13(6-8-14)12(3)20)10-16(21)17-15-9-11(2)24-18-15/h5-9H,4,10H2,1-3H3,(H,17,18,21). The van der Waals surface area contributed by atoms with Crippen molar-refractivity contribution in [2.75, 3.05) is 21.9 Å². The molecule has 0 saturated heterocycles. The van der Waals surface area contributed by atoms with Crippen LogP contribution in [0.15, 0.2) is 34.9 Å². The Morgan fingerprint density at radius 2 is 1.88 bits per heavy atom. The van der Waals surface area contributed by atoms with Gasteiger partial charge in [-0.3, -0.25) is 13.9 Å². The predicted octanol–water partition coefficient (Wildman–Crippen LogP) is 1.98. The molecule has 2 aromatic rings. The number of anilines is 2. The van der Waals surface area contributed by atoms with Gasteiger partial charge in [0.2, 0.25) is 15.9 Å². The van der Waals surface area contributed by atoms with Crippen LogP contribution in [0.3, 0.4) is 0 Å². The fourth-order valence-corrected chi connectivity index (χ4v) is 3.18. The Labute approximate surface area is 145 Å². The number of rotatable bonds is 7. The van der Waals surface area contributed by atoms with Crippen molar-refractivity contribution in [1.29, 1.82) is 0 Å². The molecule has 0 aliphatic carbocycles.